The van der Waals surface area contributed by atoms with Gasteiger partial charge in [-0.25, -0.2) is 4.98 Å². The molecule has 0 spiro atoms. The van der Waals surface area contributed by atoms with Crippen LogP contribution in [0.2, 0.25) is 0 Å². The van der Waals surface area contributed by atoms with Crippen LogP contribution in [0.5, 0.6) is 0 Å². The maximum atomic E-state index is 8.69. The molecule has 0 saturated heterocycles. The molecule has 0 aliphatic carbocycles. The molecule has 0 amide bonds. The number of nitrogens with zero attached hydrogens (tertiary/aromatic N) is 3. The Morgan fingerprint density at radius 1 is 1.14 bits per heavy atom. The van der Waals surface area contributed by atoms with E-state index in [2.05, 4.69) is 15.5 Å². The first-order valence-electron chi connectivity index (χ1n) is 6.46. The predicted octanol–water partition coefficient (Wildman–Crippen LogP) is 3.22. The molecule has 1 aromatic carbocycles. The van der Waals surface area contributed by atoms with Gasteiger partial charge in [-0.3, -0.25) is 0 Å². The number of nitrogens with one attached hydrogen (secondary N) is 1. The van der Waals surface area contributed by atoms with Crippen LogP contribution >= 0.6 is 0 Å². The van der Waals surface area contributed by atoms with E-state index in [0.29, 0.717) is 12.2 Å². The van der Waals surface area contributed by atoms with Crippen molar-refractivity contribution < 1.29 is 4.52 Å². The molecule has 5 heteroatoms. The van der Waals surface area contributed by atoms with Crippen LogP contribution in [0.4, 0.5) is 5.69 Å². The largest absolute Gasteiger partial charge is 0.378 e. The number of nitriles is 1. The third kappa shape index (κ3) is 3.07. The summed E-state index contributed by atoms with van der Waals surface area (Å²) in [6, 6.07) is 17.2. The summed E-state index contributed by atoms with van der Waals surface area (Å²) < 4.78 is 5.33. The summed E-state index contributed by atoms with van der Waals surface area (Å²) in [5.41, 5.74) is 3.03. The van der Waals surface area contributed by atoms with Crippen LogP contribution in [0.1, 0.15) is 11.4 Å². The van der Waals surface area contributed by atoms with Crippen molar-refractivity contribution in [1.82, 2.24) is 10.1 Å². The predicted molar refractivity (Wildman–Crippen MR) is 78.2 cm³/mol. The second-order valence-electron chi connectivity index (χ2n) is 4.45. The zero-order valence-electron chi connectivity index (χ0n) is 11.2. The fraction of sp³-hybridized carbons (Fsp3) is 0.0625. The Morgan fingerprint density at radius 2 is 2.00 bits per heavy atom. The van der Waals surface area contributed by atoms with E-state index in [4.69, 9.17) is 9.78 Å². The lowest BCUT2D eigenvalue weighted by Gasteiger charge is -2.02. The third-order valence-corrected chi connectivity index (χ3v) is 2.97. The minimum atomic E-state index is 0.397. The molecule has 0 bridgehead atoms. The smallest absolute Gasteiger partial charge is 0.167 e. The minimum Gasteiger partial charge on any atom is -0.378 e. The van der Waals surface area contributed by atoms with Crippen molar-refractivity contribution in [2.75, 3.05) is 5.32 Å². The molecule has 21 heavy (non-hydrogen) atoms. The third-order valence-electron chi connectivity index (χ3n) is 2.97. The highest BCUT2D eigenvalue weighted by molar-refractivity contribution is 5.57. The normalized spacial score (nSPS) is 10.0. The number of hydrogen-bond acceptors (Lipinski definition) is 5. The first-order valence-corrected chi connectivity index (χ1v) is 6.46. The monoisotopic (exact) mass is 276 g/mol. The van der Waals surface area contributed by atoms with Gasteiger partial charge in [0, 0.05) is 11.6 Å². The fourth-order valence-electron chi connectivity index (χ4n) is 1.89. The van der Waals surface area contributed by atoms with Crippen molar-refractivity contribution in [3.8, 4) is 17.4 Å². The number of anilines is 1. The topological polar surface area (TPSA) is 74.7 Å². The Bertz CT molecular complexity index is 757. The number of aromatic nitrogens is 2. The van der Waals surface area contributed by atoms with Crippen molar-refractivity contribution in [1.29, 1.82) is 5.26 Å². The molecule has 2 aromatic heterocycles. The van der Waals surface area contributed by atoms with E-state index in [-0.39, 0.29) is 0 Å². The van der Waals surface area contributed by atoms with Gasteiger partial charge in [0.1, 0.15) is 17.5 Å². The van der Waals surface area contributed by atoms with Crippen molar-refractivity contribution in [2.24, 2.45) is 0 Å². The van der Waals surface area contributed by atoms with Crippen LogP contribution in [0.3, 0.4) is 0 Å². The summed E-state index contributed by atoms with van der Waals surface area (Å²) in [6.07, 6.45) is 1.62. The summed E-state index contributed by atoms with van der Waals surface area (Å²) in [5.74, 6) is 0.741. The second-order valence-corrected chi connectivity index (χ2v) is 4.45. The Kier molecular flexibility index (Phi) is 3.61. The van der Waals surface area contributed by atoms with Crippen molar-refractivity contribution in [2.45, 2.75) is 6.54 Å². The van der Waals surface area contributed by atoms with E-state index in [9.17, 15) is 0 Å². The van der Waals surface area contributed by atoms with Crippen molar-refractivity contribution in [3.05, 3.63) is 66.1 Å². The van der Waals surface area contributed by atoms with Gasteiger partial charge in [0.25, 0.3) is 0 Å². The van der Waals surface area contributed by atoms with Gasteiger partial charge in [-0.2, -0.15) is 5.26 Å². The first kappa shape index (κ1) is 12.9. The molecule has 3 aromatic rings. The van der Waals surface area contributed by atoms with Gasteiger partial charge in [0.2, 0.25) is 0 Å². The summed E-state index contributed by atoms with van der Waals surface area (Å²) in [4.78, 5) is 3.99. The molecule has 0 radical (unpaired) electrons. The van der Waals surface area contributed by atoms with E-state index < -0.39 is 0 Å². The number of hydrogen-bond donors (Lipinski definition) is 1. The summed E-state index contributed by atoms with van der Waals surface area (Å²) in [5, 5.41) is 15.9. The molecule has 0 atom stereocenters. The second kappa shape index (κ2) is 5.88. The summed E-state index contributed by atoms with van der Waals surface area (Å²) in [6.45, 7) is 0.532. The Morgan fingerprint density at radius 3 is 2.71 bits per heavy atom. The molecule has 3 rings (SSSR count). The summed E-state index contributed by atoms with van der Waals surface area (Å²) in [7, 11) is 0. The standard InChI is InChI=1S/C16H12N4O/c17-9-13-6-7-14(10-18-13)19-11-15-8-16(21-20-15)12-4-2-1-3-5-12/h1-8,10,19H,11H2. The van der Waals surface area contributed by atoms with Crippen LogP contribution in [0.25, 0.3) is 11.3 Å². The molecule has 0 saturated carbocycles. The Labute approximate surface area is 121 Å². The molecule has 102 valence electrons. The van der Waals surface area contributed by atoms with Gasteiger partial charge < -0.3 is 9.84 Å². The quantitative estimate of drug-likeness (QED) is 0.791. The van der Waals surface area contributed by atoms with Crippen molar-refractivity contribution >= 4 is 5.69 Å². The number of benzene rings is 1. The zero-order valence-corrected chi connectivity index (χ0v) is 11.2. The lowest BCUT2D eigenvalue weighted by atomic mass is 10.2. The molecular weight excluding hydrogens is 264 g/mol. The minimum absolute atomic E-state index is 0.397. The zero-order chi connectivity index (χ0) is 14.5. The Balaban J connectivity index is 1.66. The average Bonchev–Trinajstić information content (AvgIpc) is 3.03. The highest BCUT2D eigenvalue weighted by Gasteiger charge is 2.06. The maximum Gasteiger partial charge on any atom is 0.167 e. The average molecular weight is 276 g/mol. The van der Waals surface area contributed by atoms with E-state index in [1.165, 1.54) is 0 Å². The van der Waals surface area contributed by atoms with Gasteiger partial charge >= 0.3 is 0 Å². The van der Waals surface area contributed by atoms with Gasteiger partial charge in [-0.15, -0.1) is 0 Å². The van der Waals surface area contributed by atoms with Crippen LogP contribution in [0, 0.1) is 11.3 Å². The fourth-order valence-corrected chi connectivity index (χ4v) is 1.89. The highest BCUT2D eigenvalue weighted by atomic mass is 16.5. The first-order chi connectivity index (χ1) is 10.3. The molecular formula is C16H12N4O. The molecule has 1 N–H and O–H groups in total. The SMILES string of the molecule is N#Cc1ccc(NCc2cc(-c3ccccc3)on2)cn1. The van der Waals surface area contributed by atoms with E-state index >= 15 is 0 Å². The van der Waals surface area contributed by atoms with Gasteiger partial charge in [0.05, 0.1) is 18.4 Å². The van der Waals surface area contributed by atoms with Crippen LogP contribution in [-0.2, 0) is 6.54 Å². The molecule has 2 heterocycles. The lowest BCUT2D eigenvalue weighted by Crippen LogP contribution is -2.00. The maximum absolute atomic E-state index is 8.69. The van der Waals surface area contributed by atoms with Crippen LogP contribution in [0.15, 0.2) is 59.3 Å². The van der Waals surface area contributed by atoms with E-state index in [1.807, 2.05) is 48.5 Å². The number of pyridine rings is 1. The van der Waals surface area contributed by atoms with Gasteiger partial charge in [-0.1, -0.05) is 35.5 Å². The summed E-state index contributed by atoms with van der Waals surface area (Å²) >= 11 is 0. The van der Waals surface area contributed by atoms with E-state index in [1.54, 1.807) is 12.3 Å². The van der Waals surface area contributed by atoms with Crippen LogP contribution < -0.4 is 5.32 Å². The lowest BCUT2D eigenvalue weighted by molar-refractivity contribution is 0.424. The highest BCUT2D eigenvalue weighted by Crippen LogP contribution is 2.20. The molecule has 0 aliphatic rings. The molecule has 0 fully saturated rings. The van der Waals surface area contributed by atoms with Gasteiger partial charge in [-0.05, 0) is 12.1 Å². The molecule has 0 aliphatic heterocycles. The molecule has 0 unspecified atom stereocenters. The van der Waals surface area contributed by atoms with E-state index in [0.717, 1.165) is 22.7 Å². The Hall–Kier alpha value is -3.13. The van der Waals surface area contributed by atoms with Crippen molar-refractivity contribution in [3.63, 3.8) is 0 Å². The molecule has 5 nitrogen and oxygen atoms in total. The van der Waals surface area contributed by atoms with Gasteiger partial charge in [0.15, 0.2) is 5.76 Å². The number of rotatable bonds is 4. The van der Waals surface area contributed by atoms with Crippen LogP contribution in [-0.4, -0.2) is 10.1 Å².